The van der Waals surface area contributed by atoms with E-state index in [9.17, 15) is 4.79 Å². The number of ether oxygens (including phenoxy) is 1. The summed E-state index contributed by atoms with van der Waals surface area (Å²) >= 11 is 0. The number of furan rings is 1. The minimum atomic E-state index is -0.0710. The maximum atomic E-state index is 12.9. The van der Waals surface area contributed by atoms with Crippen LogP contribution in [-0.4, -0.2) is 25.0 Å². The van der Waals surface area contributed by atoms with Crippen LogP contribution in [0.3, 0.4) is 0 Å². The summed E-state index contributed by atoms with van der Waals surface area (Å²) in [6.45, 7) is 4.20. The van der Waals surface area contributed by atoms with Crippen molar-refractivity contribution in [3.63, 3.8) is 0 Å². The van der Waals surface area contributed by atoms with Gasteiger partial charge in [0.05, 0.1) is 5.56 Å². The molecule has 1 amide bonds. The van der Waals surface area contributed by atoms with Crippen LogP contribution < -0.4 is 15.4 Å². The van der Waals surface area contributed by atoms with E-state index >= 15 is 0 Å². The number of nitrogens with one attached hydrogen (secondary N) is 2. The van der Waals surface area contributed by atoms with Crippen molar-refractivity contribution in [2.45, 2.75) is 32.4 Å². The Kier molecular flexibility index (Phi) is 5.12. The van der Waals surface area contributed by atoms with Crippen LogP contribution in [0.25, 0.3) is 11.0 Å². The second-order valence-corrected chi connectivity index (χ2v) is 6.96. The molecule has 1 saturated heterocycles. The number of fused-ring (bicyclic) bond motifs is 1. The molecule has 5 heteroatoms. The Hall–Kier alpha value is -2.79. The number of amides is 1. The fourth-order valence-electron chi connectivity index (χ4n) is 3.54. The van der Waals surface area contributed by atoms with E-state index in [1.165, 1.54) is 0 Å². The number of benzene rings is 2. The number of carbonyl (C=O) groups is 1. The zero-order valence-corrected chi connectivity index (χ0v) is 15.5. The summed E-state index contributed by atoms with van der Waals surface area (Å²) in [5.41, 5.74) is 2.41. The maximum Gasteiger partial charge on any atom is 0.255 e. The first kappa shape index (κ1) is 17.6. The van der Waals surface area contributed by atoms with E-state index in [1.807, 2.05) is 55.5 Å². The fourth-order valence-corrected chi connectivity index (χ4v) is 3.54. The van der Waals surface area contributed by atoms with Gasteiger partial charge in [-0.1, -0.05) is 30.3 Å². The molecule has 0 radical (unpaired) electrons. The highest BCUT2D eigenvalue weighted by molar-refractivity contribution is 6.07. The Morgan fingerprint density at radius 2 is 1.96 bits per heavy atom. The first-order valence-electron chi connectivity index (χ1n) is 9.42. The van der Waals surface area contributed by atoms with Gasteiger partial charge < -0.3 is 19.8 Å². The largest absolute Gasteiger partial charge is 0.489 e. The van der Waals surface area contributed by atoms with Gasteiger partial charge in [-0.15, -0.1) is 0 Å². The summed E-state index contributed by atoms with van der Waals surface area (Å²) in [5, 5.41) is 7.26. The highest BCUT2D eigenvalue weighted by Gasteiger charge is 2.22. The SMILES string of the molecule is Cc1oc2ccc(OCc3ccccc3)cc2c1C(=O)NC1CCNCC1. The molecule has 2 N–H and O–H groups in total. The van der Waals surface area contributed by atoms with Gasteiger partial charge in [-0.05, 0) is 56.6 Å². The van der Waals surface area contributed by atoms with E-state index in [0.717, 1.165) is 42.6 Å². The van der Waals surface area contributed by atoms with Crippen LogP contribution in [0.5, 0.6) is 5.75 Å². The molecule has 2 aromatic carbocycles. The molecule has 3 aromatic rings. The molecular formula is C22H24N2O3. The van der Waals surface area contributed by atoms with E-state index in [2.05, 4.69) is 10.6 Å². The smallest absolute Gasteiger partial charge is 0.255 e. The molecule has 1 aliphatic rings. The van der Waals surface area contributed by atoms with Gasteiger partial charge in [0.15, 0.2) is 0 Å². The minimum absolute atomic E-state index is 0.0710. The zero-order chi connectivity index (χ0) is 18.6. The lowest BCUT2D eigenvalue weighted by molar-refractivity contribution is 0.0929. The summed E-state index contributed by atoms with van der Waals surface area (Å²) in [5.74, 6) is 1.29. The number of hydrogen-bond acceptors (Lipinski definition) is 4. The van der Waals surface area contributed by atoms with Gasteiger partial charge in [-0.2, -0.15) is 0 Å². The van der Waals surface area contributed by atoms with Crippen LogP contribution in [0.2, 0.25) is 0 Å². The van der Waals surface area contributed by atoms with E-state index in [4.69, 9.17) is 9.15 Å². The quantitative estimate of drug-likeness (QED) is 0.723. The molecule has 27 heavy (non-hydrogen) atoms. The topological polar surface area (TPSA) is 63.5 Å². The van der Waals surface area contributed by atoms with Gasteiger partial charge in [0, 0.05) is 11.4 Å². The number of aryl methyl sites for hydroxylation is 1. The van der Waals surface area contributed by atoms with E-state index in [-0.39, 0.29) is 11.9 Å². The highest BCUT2D eigenvalue weighted by Crippen LogP contribution is 2.29. The first-order valence-corrected chi connectivity index (χ1v) is 9.42. The molecule has 5 nitrogen and oxygen atoms in total. The summed E-state index contributed by atoms with van der Waals surface area (Å²) in [4.78, 5) is 12.9. The predicted molar refractivity (Wildman–Crippen MR) is 105 cm³/mol. The second kappa shape index (κ2) is 7.84. The average Bonchev–Trinajstić information content (AvgIpc) is 3.03. The molecule has 1 aromatic heterocycles. The van der Waals surface area contributed by atoms with Crippen molar-refractivity contribution in [3.05, 3.63) is 65.4 Å². The van der Waals surface area contributed by atoms with Crippen LogP contribution in [0, 0.1) is 6.92 Å². The van der Waals surface area contributed by atoms with Crippen LogP contribution in [-0.2, 0) is 6.61 Å². The monoisotopic (exact) mass is 364 g/mol. The molecule has 1 aliphatic heterocycles. The third kappa shape index (κ3) is 3.98. The lowest BCUT2D eigenvalue weighted by Crippen LogP contribution is -2.42. The molecule has 0 aliphatic carbocycles. The van der Waals surface area contributed by atoms with Gasteiger partial charge in [0.1, 0.15) is 23.7 Å². The number of piperidine rings is 1. The van der Waals surface area contributed by atoms with Crippen LogP contribution in [0.4, 0.5) is 0 Å². The average molecular weight is 364 g/mol. The van der Waals surface area contributed by atoms with E-state index in [0.29, 0.717) is 23.5 Å². The molecule has 140 valence electrons. The van der Waals surface area contributed by atoms with E-state index < -0.39 is 0 Å². The molecule has 0 bridgehead atoms. The first-order chi connectivity index (χ1) is 13.2. The molecule has 0 atom stereocenters. The Labute approximate surface area is 158 Å². The van der Waals surface area contributed by atoms with Gasteiger partial charge in [0.2, 0.25) is 0 Å². The highest BCUT2D eigenvalue weighted by atomic mass is 16.5. The second-order valence-electron chi connectivity index (χ2n) is 6.96. The predicted octanol–water partition coefficient (Wildman–Crippen LogP) is 3.80. The summed E-state index contributed by atoms with van der Waals surface area (Å²) in [6, 6.07) is 15.9. The van der Waals surface area contributed by atoms with Crippen molar-refractivity contribution in [1.82, 2.24) is 10.6 Å². The van der Waals surface area contributed by atoms with Gasteiger partial charge in [-0.25, -0.2) is 0 Å². The normalized spacial score (nSPS) is 15.0. The minimum Gasteiger partial charge on any atom is -0.489 e. The molecule has 2 heterocycles. The molecule has 0 spiro atoms. The fraction of sp³-hybridized carbons (Fsp3) is 0.318. The standard InChI is InChI=1S/C22H24N2O3/c1-15-21(22(25)24-17-9-11-23-12-10-17)19-13-18(7-8-20(19)27-15)26-14-16-5-3-2-4-6-16/h2-8,13,17,23H,9-12,14H2,1H3,(H,24,25). The van der Waals surface area contributed by atoms with Crippen molar-refractivity contribution < 1.29 is 13.9 Å². The summed E-state index contributed by atoms with van der Waals surface area (Å²) < 4.78 is 11.7. The third-order valence-electron chi connectivity index (χ3n) is 4.99. The van der Waals surface area contributed by atoms with Gasteiger partial charge in [0.25, 0.3) is 5.91 Å². The number of rotatable bonds is 5. The van der Waals surface area contributed by atoms with Crippen molar-refractivity contribution in [1.29, 1.82) is 0 Å². The molecule has 4 rings (SSSR count). The number of carbonyl (C=O) groups excluding carboxylic acids is 1. The van der Waals surface area contributed by atoms with Crippen LogP contribution >= 0.6 is 0 Å². The third-order valence-corrected chi connectivity index (χ3v) is 4.99. The van der Waals surface area contributed by atoms with Gasteiger partial charge in [-0.3, -0.25) is 4.79 Å². The van der Waals surface area contributed by atoms with Crippen molar-refractivity contribution in [3.8, 4) is 5.75 Å². The van der Waals surface area contributed by atoms with Gasteiger partial charge >= 0.3 is 0 Å². The Morgan fingerprint density at radius 1 is 1.19 bits per heavy atom. The molecule has 1 fully saturated rings. The van der Waals surface area contributed by atoms with Crippen LogP contribution in [0.15, 0.2) is 52.9 Å². The Morgan fingerprint density at radius 3 is 2.74 bits per heavy atom. The van der Waals surface area contributed by atoms with Crippen molar-refractivity contribution in [2.24, 2.45) is 0 Å². The lowest BCUT2D eigenvalue weighted by atomic mass is 10.0. The molecule has 0 saturated carbocycles. The zero-order valence-electron chi connectivity index (χ0n) is 15.5. The summed E-state index contributed by atoms with van der Waals surface area (Å²) in [7, 11) is 0. The van der Waals surface area contributed by atoms with E-state index in [1.54, 1.807) is 0 Å². The number of hydrogen-bond donors (Lipinski definition) is 2. The van der Waals surface area contributed by atoms with Crippen LogP contribution in [0.1, 0.15) is 34.5 Å². The van der Waals surface area contributed by atoms with Crippen molar-refractivity contribution in [2.75, 3.05) is 13.1 Å². The Balaban J connectivity index is 1.54. The van der Waals surface area contributed by atoms with Crippen molar-refractivity contribution >= 4 is 16.9 Å². The molecular weight excluding hydrogens is 340 g/mol. The lowest BCUT2D eigenvalue weighted by Gasteiger charge is -2.23. The maximum absolute atomic E-state index is 12.9. The summed E-state index contributed by atoms with van der Waals surface area (Å²) in [6.07, 6.45) is 1.90. The Bertz CT molecular complexity index is 927. The molecule has 0 unspecified atom stereocenters.